The number of likely N-dealkylation sites (N-methyl/N-ethyl adjacent to an activating group) is 2. The summed E-state index contributed by atoms with van der Waals surface area (Å²) in [5, 5.41) is 62.8. The molecule has 1 aliphatic heterocycles. The van der Waals surface area contributed by atoms with E-state index in [4.69, 9.17) is 24.7 Å². The summed E-state index contributed by atoms with van der Waals surface area (Å²) in [4.78, 5) is 31.6. The van der Waals surface area contributed by atoms with Gasteiger partial charge in [-0.25, -0.2) is 4.39 Å². The van der Waals surface area contributed by atoms with E-state index in [-0.39, 0.29) is 55.9 Å². The third-order valence-electron chi connectivity index (χ3n) is 15.2. The molecule has 1 heterocycles. The molecule has 1 aliphatic rings. The van der Waals surface area contributed by atoms with Gasteiger partial charge in [-0.15, -0.1) is 0 Å². The Morgan fingerprint density at radius 2 is 1.63 bits per heavy atom. The van der Waals surface area contributed by atoms with Crippen molar-refractivity contribution in [2.45, 2.75) is 226 Å². The molecule has 1 amide bonds. The van der Waals surface area contributed by atoms with Crippen LogP contribution in [0.4, 0.5) is 4.39 Å². The van der Waals surface area contributed by atoms with E-state index in [1.165, 1.54) is 14.0 Å². The summed E-state index contributed by atoms with van der Waals surface area (Å²) in [6, 6.07) is 5.78. The summed E-state index contributed by atoms with van der Waals surface area (Å²) in [5.74, 6) is -2.93. The van der Waals surface area contributed by atoms with Gasteiger partial charge in [0.15, 0.2) is 0 Å². The number of hydrogen-bond donors (Lipinski definition) is 7. The number of carbonyl (C=O) groups is 2. The molecule has 0 radical (unpaired) electrons. The minimum absolute atomic E-state index is 0.0574. The van der Waals surface area contributed by atoms with Crippen LogP contribution in [0.25, 0.3) is 0 Å². The Morgan fingerprint density at radius 1 is 1.04 bits per heavy atom. The van der Waals surface area contributed by atoms with Crippen LogP contribution in [-0.2, 0) is 41.5 Å². The lowest BCUT2D eigenvalue weighted by Crippen LogP contribution is -2.59. The zero-order chi connectivity index (χ0) is 53.6. The monoisotopic (exact) mass is 999 g/mol. The van der Waals surface area contributed by atoms with Crippen molar-refractivity contribution in [1.82, 2.24) is 15.1 Å². The van der Waals surface area contributed by atoms with Gasteiger partial charge in [0.1, 0.15) is 24.5 Å². The number of alkyl halides is 1. The van der Waals surface area contributed by atoms with Crippen LogP contribution < -0.4 is 11.1 Å². The van der Waals surface area contributed by atoms with Gasteiger partial charge in [-0.1, -0.05) is 72.7 Å². The van der Waals surface area contributed by atoms with Crippen molar-refractivity contribution in [1.29, 1.82) is 0 Å². The zero-order valence-corrected chi connectivity index (χ0v) is 46.2. The molecule has 0 saturated carbocycles. The molecule has 408 valence electrons. The second kappa shape index (κ2) is 28.4. The molecular formula is C54H99FN4O11. The van der Waals surface area contributed by atoms with Gasteiger partial charge in [0.05, 0.1) is 59.8 Å². The normalized spacial score (nSPS) is 31.5. The highest BCUT2D eigenvalue weighted by Gasteiger charge is 2.50. The number of esters is 1. The van der Waals surface area contributed by atoms with Crippen molar-refractivity contribution in [3.63, 3.8) is 0 Å². The number of nitrogens with two attached hydrogens (primary N) is 1. The minimum Gasteiger partial charge on any atom is -0.459 e. The summed E-state index contributed by atoms with van der Waals surface area (Å²) in [6.45, 7) is 25.9. The number of benzene rings is 1. The maximum Gasteiger partial charge on any atom is 0.311 e. The summed E-state index contributed by atoms with van der Waals surface area (Å²) in [6.07, 6.45) is -6.32. The second-order valence-corrected chi connectivity index (χ2v) is 22.6. The highest BCUT2D eigenvalue weighted by atomic mass is 19.1. The molecule has 17 atom stereocenters. The summed E-state index contributed by atoms with van der Waals surface area (Å²) in [5.41, 5.74) is 3.13. The number of amides is 1. The maximum atomic E-state index is 14.5. The number of aliphatic hydroxyl groups is 5. The van der Waals surface area contributed by atoms with E-state index in [1.807, 2.05) is 104 Å². The molecule has 1 aromatic carbocycles. The number of aliphatic hydroxyl groups excluding tert-OH is 3. The Balaban J connectivity index is 2.62. The van der Waals surface area contributed by atoms with Crippen LogP contribution in [0.2, 0.25) is 0 Å². The zero-order valence-electron chi connectivity index (χ0n) is 46.2. The van der Waals surface area contributed by atoms with E-state index in [2.05, 4.69) is 5.32 Å². The highest BCUT2D eigenvalue weighted by molar-refractivity contribution is 5.76. The van der Waals surface area contributed by atoms with Gasteiger partial charge in [-0.3, -0.25) is 9.59 Å². The van der Waals surface area contributed by atoms with Crippen LogP contribution in [0.3, 0.4) is 0 Å². The number of ether oxygens (including phenoxy) is 4. The maximum absolute atomic E-state index is 14.5. The number of hydrogen-bond acceptors (Lipinski definition) is 14. The number of rotatable bonds is 23. The van der Waals surface area contributed by atoms with Crippen LogP contribution in [0, 0.1) is 29.6 Å². The van der Waals surface area contributed by atoms with Crippen LogP contribution in [0.15, 0.2) is 24.3 Å². The number of nitrogens with zero attached hydrogens (tertiary/aromatic N) is 2. The van der Waals surface area contributed by atoms with Gasteiger partial charge in [-0.2, -0.15) is 0 Å². The Hall–Kier alpha value is -2.35. The first-order chi connectivity index (χ1) is 32.4. The van der Waals surface area contributed by atoms with E-state index < -0.39 is 108 Å². The average Bonchev–Trinajstić information content (AvgIpc) is 3.29. The Kier molecular flexibility index (Phi) is 25.8. The molecular weight excluding hydrogens is 900 g/mol. The van der Waals surface area contributed by atoms with Gasteiger partial charge in [0, 0.05) is 57.6 Å². The molecule has 2 rings (SSSR count). The first-order valence-corrected chi connectivity index (χ1v) is 26.0. The Morgan fingerprint density at radius 3 is 2.14 bits per heavy atom. The lowest BCUT2D eigenvalue weighted by molar-refractivity contribution is -0.214. The van der Waals surface area contributed by atoms with E-state index in [9.17, 15) is 39.5 Å². The fourth-order valence-electron chi connectivity index (χ4n) is 10.8. The Bertz CT molecular complexity index is 1690. The van der Waals surface area contributed by atoms with E-state index in [1.54, 1.807) is 34.6 Å². The molecule has 8 N–H and O–H groups in total. The van der Waals surface area contributed by atoms with Crippen molar-refractivity contribution in [3.05, 3.63) is 35.4 Å². The molecule has 0 spiro atoms. The molecule has 0 unspecified atom stereocenters. The summed E-state index contributed by atoms with van der Waals surface area (Å²) in [7, 11) is 5.21. The second-order valence-electron chi connectivity index (χ2n) is 22.6. The van der Waals surface area contributed by atoms with Gasteiger partial charge in [0.2, 0.25) is 5.91 Å². The molecule has 1 aromatic rings. The molecule has 0 bridgehead atoms. The summed E-state index contributed by atoms with van der Waals surface area (Å²) < 4.78 is 40.1. The number of carbonyl (C=O) groups excluding carboxylic acids is 2. The first-order valence-electron chi connectivity index (χ1n) is 26.0. The lowest BCUT2D eigenvalue weighted by Gasteiger charge is -2.46. The smallest absolute Gasteiger partial charge is 0.311 e. The molecule has 15 nitrogen and oxygen atoms in total. The van der Waals surface area contributed by atoms with Crippen molar-refractivity contribution in [2.24, 2.45) is 35.3 Å². The third kappa shape index (κ3) is 17.9. The van der Waals surface area contributed by atoms with Crippen LogP contribution in [0.5, 0.6) is 0 Å². The lowest BCUT2D eigenvalue weighted by atomic mass is 9.77. The predicted octanol–water partition coefficient (Wildman–Crippen LogP) is 5.42. The van der Waals surface area contributed by atoms with Crippen molar-refractivity contribution in [2.75, 3.05) is 41.0 Å². The van der Waals surface area contributed by atoms with Crippen LogP contribution in [0.1, 0.15) is 140 Å². The van der Waals surface area contributed by atoms with Crippen molar-refractivity contribution < 1.29 is 58.5 Å². The average molecular weight is 999 g/mol. The highest BCUT2D eigenvalue weighted by Crippen LogP contribution is 2.38. The molecule has 16 heteroatoms. The first kappa shape index (κ1) is 63.8. The fraction of sp³-hybridized carbons (Fsp3) is 0.852. The minimum atomic E-state index is -1.83. The quantitative estimate of drug-likeness (QED) is 0.0683. The molecule has 1 fully saturated rings. The molecule has 0 aromatic heterocycles. The fourth-order valence-corrected chi connectivity index (χ4v) is 10.8. The van der Waals surface area contributed by atoms with Gasteiger partial charge >= 0.3 is 5.97 Å². The standard InChI is InChI=1S/C54H99FN4O11/c1-18-44-54(14,66)49(63)38(10)59(16)31-34(6)27-52(12,65)50(36(8)47(37(9)51(64)70-44)68-35(7)28-53(13,67-17)48(62)33(4)5)69-39(11)46(61)43(25-32(2)3)58(15)24-23-45(60)57-42(29-55)26-40-19-21-41(30-56)22-20-40/h19-22,32-39,42-44,46-50,61-63,65-66H,18,23-31,56H2,1-17H3,(H,57,60)/t34-,35-,36+,37-,38-,39-,42+,43+,44-,46+,47+,48+,49-,50-,52-,53-,54-/m1/s1. The SMILES string of the molecule is CC[C@H]1OC(=O)[C@H](C)[C@@H](O[C@H](C)C[C@@](C)(OC)[C@@H](O)C(C)C)[C@H](C)[C@@H](O[C@H](C)[C@H](O)[C@H](CC(C)C)N(C)CCC(=O)N[C@H](CF)Cc2ccc(CN)cc2)[C@](C)(O)C[C@@H](C)CN(C)[C@H](C)[C@@H](O)[C@]1(C)O. The molecule has 70 heavy (non-hydrogen) atoms. The number of cyclic esters (lactones) is 1. The van der Waals surface area contributed by atoms with Crippen molar-refractivity contribution >= 4 is 11.9 Å². The van der Waals surface area contributed by atoms with Crippen LogP contribution >= 0.6 is 0 Å². The number of halogens is 1. The topological polar surface area (TPSA) is 217 Å². The van der Waals surface area contributed by atoms with Crippen molar-refractivity contribution in [3.8, 4) is 0 Å². The van der Waals surface area contributed by atoms with E-state index in [0.717, 1.165) is 11.1 Å². The number of methoxy groups -OCH3 is 1. The largest absolute Gasteiger partial charge is 0.459 e. The third-order valence-corrected chi connectivity index (χ3v) is 15.2. The molecule has 0 aliphatic carbocycles. The Labute approximate surface area is 421 Å². The van der Waals surface area contributed by atoms with Crippen LogP contribution in [-0.4, -0.2) is 172 Å². The predicted molar refractivity (Wildman–Crippen MR) is 274 cm³/mol. The molecule has 1 saturated heterocycles. The van der Waals surface area contributed by atoms with E-state index in [0.29, 0.717) is 25.9 Å². The number of nitrogens with one attached hydrogen (secondary N) is 1. The van der Waals surface area contributed by atoms with Gasteiger partial charge < -0.3 is 65.3 Å². The van der Waals surface area contributed by atoms with Gasteiger partial charge in [-0.05, 0) is 117 Å². The van der Waals surface area contributed by atoms with E-state index >= 15 is 0 Å². The van der Waals surface area contributed by atoms with Gasteiger partial charge in [0.25, 0.3) is 0 Å². The summed E-state index contributed by atoms with van der Waals surface area (Å²) >= 11 is 0.